The molecule has 0 spiro atoms. The van der Waals surface area contributed by atoms with Crippen molar-refractivity contribution in [2.75, 3.05) is 0 Å². The summed E-state index contributed by atoms with van der Waals surface area (Å²) in [5.74, 6) is 0. The Morgan fingerprint density at radius 1 is 1.29 bits per heavy atom. The Hall–Kier alpha value is -0.560. The zero-order valence-electron chi connectivity index (χ0n) is 9.39. The van der Waals surface area contributed by atoms with Crippen LogP contribution >= 0.6 is 11.6 Å². The first kappa shape index (κ1) is 11.5. The van der Waals surface area contributed by atoms with E-state index in [1.54, 1.807) is 6.20 Å². The van der Waals surface area contributed by atoms with Gasteiger partial charge in [0.15, 0.2) is 0 Å². The molecule has 2 heteroatoms. The summed E-state index contributed by atoms with van der Waals surface area (Å²) in [4.78, 5) is 4.13. The Labute approximate surface area is 91.5 Å². The first-order chi connectivity index (χ1) is 6.53. The lowest BCUT2D eigenvalue weighted by Crippen LogP contribution is -2.18. The lowest BCUT2D eigenvalue weighted by atomic mass is 9.80. The highest BCUT2D eigenvalue weighted by Gasteiger charge is 2.23. The third-order valence-electron chi connectivity index (χ3n) is 2.92. The van der Waals surface area contributed by atoms with Crippen LogP contribution < -0.4 is 0 Å². The highest BCUT2D eigenvalue weighted by Crippen LogP contribution is 2.34. The van der Waals surface area contributed by atoms with Gasteiger partial charge in [-0.05, 0) is 29.4 Å². The average Bonchev–Trinajstić information content (AvgIpc) is 2.17. The van der Waals surface area contributed by atoms with Gasteiger partial charge in [0.25, 0.3) is 0 Å². The van der Waals surface area contributed by atoms with Gasteiger partial charge in [-0.3, -0.25) is 4.98 Å². The Bertz CT molecular complexity index is 318. The second-order valence-electron chi connectivity index (χ2n) is 4.25. The lowest BCUT2D eigenvalue weighted by Gasteiger charge is -2.26. The summed E-state index contributed by atoms with van der Waals surface area (Å²) in [5.41, 5.74) is 2.68. The van der Waals surface area contributed by atoms with Gasteiger partial charge in [-0.1, -0.05) is 39.3 Å². The molecule has 1 rings (SSSR count). The number of rotatable bonds is 3. The molecule has 0 aliphatic heterocycles. The van der Waals surface area contributed by atoms with Gasteiger partial charge >= 0.3 is 0 Å². The number of halogens is 1. The summed E-state index contributed by atoms with van der Waals surface area (Å²) in [7, 11) is 0. The molecule has 0 atom stereocenters. The number of hydrogen-bond acceptors (Lipinski definition) is 1. The molecule has 0 bridgehead atoms. The van der Waals surface area contributed by atoms with E-state index in [1.165, 1.54) is 11.1 Å². The Morgan fingerprint density at radius 2 is 1.93 bits per heavy atom. The molecule has 14 heavy (non-hydrogen) atoms. The van der Waals surface area contributed by atoms with Crippen molar-refractivity contribution in [3.63, 3.8) is 0 Å². The predicted molar refractivity (Wildman–Crippen MR) is 61.9 cm³/mol. The Morgan fingerprint density at radius 3 is 2.43 bits per heavy atom. The fourth-order valence-corrected chi connectivity index (χ4v) is 2.11. The second-order valence-corrected chi connectivity index (χ2v) is 4.65. The van der Waals surface area contributed by atoms with Crippen LogP contribution in [0.2, 0.25) is 5.02 Å². The molecular formula is C12H18ClN. The lowest BCUT2D eigenvalue weighted by molar-refractivity contribution is 0.501. The van der Waals surface area contributed by atoms with Gasteiger partial charge in [-0.15, -0.1) is 0 Å². The van der Waals surface area contributed by atoms with Gasteiger partial charge in [0.05, 0.1) is 5.02 Å². The topological polar surface area (TPSA) is 12.9 Å². The van der Waals surface area contributed by atoms with Crippen LogP contribution in [-0.4, -0.2) is 4.98 Å². The quantitative estimate of drug-likeness (QED) is 0.737. The van der Waals surface area contributed by atoms with Crippen molar-refractivity contribution in [2.45, 2.75) is 46.0 Å². The van der Waals surface area contributed by atoms with Crippen LogP contribution in [0.5, 0.6) is 0 Å². The van der Waals surface area contributed by atoms with Crippen molar-refractivity contribution in [3.8, 4) is 0 Å². The van der Waals surface area contributed by atoms with Crippen molar-refractivity contribution < 1.29 is 0 Å². The minimum atomic E-state index is 0.144. The normalized spacial score (nSPS) is 11.8. The molecule has 0 amide bonds. The molecule has 0 aliphatic rings. The summed E-state index contributed by atoms with van der Waals surface area (Å²) in [6, 6.07) is 0. The summed E-state index contributed by atoms with van der Waals surface area (Å²) < 4.78 is 0. The molecule has 0 unspecified atom stereocenters. The van der Waals surface area contributed by atoms with Crippen LogP contribution in [0.3, 0.4) is 0 Å². The third kappa shape index (κ3) is 2.09. The van der Waals surface area contributed by atoms with Gasteiger partial charge in [0, 0.05) is 12.4 Å². The minimum Gasteiger partial charge on any atom is -0.263 e. The highest BCUT2D eigenvalue weighted by molar-refractivity contribution is 6.31. The summed E-state index contributed by atoms with van der Waals surface area (Å²) in [5, 5.41) is 0.802. The molecule has 0 radical (unpaired) electrons. The molecule has 0 saturated carbocycles. The Balaban J connectivity index is 3.30. The predicted octanol–water partition coefficient (Wildman–Crippen LogP) is 3.99. The van der Waals surface area contributed by atoms with E-state index in [2.05, 4.69) is 32.7 Å². The van der Waals surface area contributed by atoms with E-state index in [0.717, 1.165) is 17.9 Å². The fraction of sp³-hybridized carbons (Fsp3) is 0.583. The molecule has 0 N–H and O–H groups in total. The summed E-state index contributed by atoms with van der Waals surface area (Å²) in [6.45, 7) is 8.79. The van der Waals surface area contributed by atoms with Crippen LogP contribution in [0.4, 0.5) is 0 Å². The van der Waals surface area contributed by atoms with E-state index in [9.17, 15) is 0 Å². The number of hydrogen-bond donors (Lipinski definition) is 0. The first-order valence-electron chi connectivity index (χ1n) is 5.15. The number of aryl methyl sites for hydroxylation is 1. The van der Waals surface area contributed by atoms with Crippen molar-refractivity contribution in [2.24, 2.45) is 0 Å². The average molecular weight is 212 g/mol. The number of nitrogens with zero attached hydrogens (tertiary/aromatic N) is 1. The molecule has 0 aliphatic carbocycles. The van der Waals surface area contributed by atoms with Gasteiger partial charge in [0.2, 0.25) is 0 Å². The molecule has 1 aromatic heterocycles. The van der Waals surface area contributed by atoms with Gasteiger partial charge < -0.3 is 0 Å². The van der Waals surface area contributed by atoms with Crippen LogP contribution in [0.25, 0.3) is 0 Å². The van der Waals surface area contributed by atoms with E-state index < -0.39 is 0 Å². The van der Waals surface area contributed by atoms with Crippen LogP contribution in [0.15, 0.2) is 12.4 Å². The molecule has 78 valence electrons. The maximum atomic E-state index is 6.21. The van der Waals surface area contributed by atoms with Crippen LogP contribution in [0.1, 0.15) is 45.2 Å². The van der Waals surface area contributed by atoms with Crippen molar-refractivity contribution >= 4 is 11.6 Å². The molecule has 0 aromatic carbocycles. The third-order valence-corrected chi connectivity index (χ3v) is 3.21. The second kappa shape index (κ2) is 4.31. The van der Waals surface area contributed by atoms with Crippen LogP contribution in [-0.2, 0) is 11.8 Å². The van der Waals surface area contributed by atoms with E-state index >= 15 is 0 Å². The fourth-order valence-electron chi connectivity index (χ4n) is 1.68. The standard InChI is InChI=1S/C12H18ClN/c1-5-9-7-14-8-10(13)11(9)12(3,4)6-2/h7-8H,5-6H2,1-4H3. The highest BCUT2D eigenvalue weighted by atomic mass is 35.5. The van der Waals surface area contributed by atoms with E-state index in [-0.39, 0.29) is 5.41 Å². The Kier molecular flexibility index (Phi) is 3.54. The monoisotopic (exact) mass is 211 g/mol. The SMILES string of the molecule is CCc1cncc(Cl)c1C(C)(C)CC. The van der Waals surface area contributed by atoms with Gasteiger partial charge in [-0.2, -0.15) is 0 Å². The zero-order valence-corrected chi connectivity index (χ0v) is 10.2. The summed E-state index contributed by atoms with van der Waals surface area (Å²) >= 11 is 6.21. The molecular weight excluding hydrogens is 194 g/mol. The maximum absolute atomic E-state index is 6.21. The maximum Gasteiger partial charge on any atom is 0.0629 e. The largest absolute Gasteiger partial charge is 0.263 e. The molecule has 1 aromatic rings. The van der Waals surface area contributed by atoms with E-state index in [1.807, 2.05) is 6.20 Å². The molecule has 0 fully saturated rings. The first-order valence-corrected chi connectivity index (χ1v) is 5.53. The minimum absolute atomic E-state index is 0.144. The number of aromatic nitrogens is 1. The van der Waals surface area contributed by atoms with Gasteiger partial charge in [0.1, 0.15) is 0 Å². The van der Waals surface area contributed by atoms with Gasteiger partial charge in [-0.25, -0.2) is 0 Å². The van der Waals surface area contributed by atoms with Crippen molar-refractivity contribution in [1.29, 1.82) is 0 Å². The van der Waals surface area contributed by atoms with Crippen molar-refractivity contribution in [3.05, 3.63) is 28.5 Å². The van der Waals surface area contributed by atoms with Crippen molar-refractivity contribution in [1.82, 2.24) is 4.98 Å². The van der Waals surface area contributed by atoms with Crippen LogP contribution in [0, 0.1) is 0 Å². The number of pyridine rings is 1. The van der Waals surface area contributed by atoms with E-state index in [0.29, 0.717) is 0 Å². The van der Waals surface area contributed by atoms with E-state index in [4.69, 9.17) is 11.6 Å². The summed E-state index contributed by atoms with van der Waals surface area (Å²) in [6.07, 6.45) is 5.75. The molecule has 0 saturated heterocycles. The molecule has 1 nitrogen and oxygen atoms in total. The smallest absolute Gasteiger partial charge is 0.0629 e. The molecule has 1 heterocycles. The zero-order chi connectivity index (χ0) is 10.8.